The van der Waals surface area contributed by atoms with Crippen LogP contribution in [0.3, 0.4) is 0 Å². The zero-order valence-corrected chi connectivity index (χ0v) is 10.1. The van der Waals surface area contributed by atoms with E-state index in [9.17, 15) is 0 Å². The van der Waals surface area contributed by atoms with E-state index in [-0.39, 0.29) is 0 Å². The van der Waals surface area contributed by atoms with E-state index < -0.39 is 0 Å². The number of rotatable bonds is 5. The van der Waals surface area contributed by atoms with Crippen molar-refractivity contribution in [2.45, 2.75) is 32.6 Å². The van der Waals surface area contributed by atoms with Gasteiger partial charge in [-0.3, -0.25) is 0 Å². The molecular formula is C12H20N4. The minimum absolute atomic E-state index is 0.804. The fourth-order valence-corrected chi connectivity index (χ4v) is 1.97. The Morgan fingerprint density at radius 2 is 2.06 bits per heavy atom. The van der Waals surface area contributed by atoms with E-state index in [0.717, 1.165) is 29.9 Å². The molecule has 2 rings (SSSR count). The van der Waals surface area contributed by atoms with Crippen molar-refractivity contribution in [3.05, 3.63) is 11.9 Å². The molecule has 0 amide bonds. The summed E-state index contributed by atoms with van der Waals surface area (Å²) < 4.78 is 0. The monoisotopic (exact) mass is 220 g/mol. The van der Waals surface area contributed by atoms with E-state index in [0.29, 0.717) is 0 Å². The molecule has 4 heteroatoms. The number of nitrogens with zero attached hydrogens (tertiary/aromatic N) is 2. The van der Waals surface area contributed by atoms with Crippen molar-refractivity contribution in [1.29, 1.82) is 0 Å². The Hall–Kier alpha value is -1.32. The normalized spacial score (nSPS) is 15.6. The lowest BCUT2D eigenvalue weighted by molar-refractivity contribution is 0.303. The molecule has 4 nitrogen and oxygen atoms in total. The first kappa shape index (κ1) is 11.2. The van der Waals surface area contributed by atoms with Crippen LogP contribution in [-0.4, -0.2) is 23.6 Å². The standard InChI is InChI=1S/C12H20N4/c1-9-15-11(13-2)8-12(16-9)14-7-6-10-4-3-5-10/h8,10H,3-7H2,1-2H3,(H2,13,14,15,16). The summed E-state index contributed by atoms with van der Waals surface area (Å²) >= 11 is 0. The second kappa shape index (κ2) is 5.14. The fraction of sp³-hybridized carbons (Fsp3) is 0.667. The molecule has 2 N–H and O–H groups in total. The van der Waals surface area contributed by atoms with E-state index in [2.05, 4.69) is 20.6 Å². The smallest absolute Gasteiger partial charge is 0.131 e. The van der Waals surface area contributed by atoms with Crippen molar-refractivity contribution in [3.63, 3.8) is 0 Å². The minimum Gasteiger partial charge on any atom is -0.373 e. The molecule has 1 fully saturated rings. The van der Waals surface area contributed by atoms with Crippen LogP contribution in [-0.2, 0) is 0 Å². The van der Waals surface area contributed by atoms with Crippen LogP contribution in [0.4, 0.5) is 11.6 Å². The van der Waals surface area contributed by atoms with Crippen molar-refractivity contribution in [3.8, 4) is 0 Å². The van der Waals surface area contributed by atoms with E-state index in [4.69, 9.17) is 0 Å². The number of nitrogens with one attached hydrogen (secondary N) is 2. The first-order valence-electron chi connectivity index (χ1n) is 6.05. The topological polar surface area (TPSA) is 49.8 Å². The third-order valence-corrected chi connectivity index (χ3v) is 3.18. The number of anilines is 2. The van der Waals surface area contributed by atoms with E-state index in [1.54, 1.807) is 0 Å². The minimum atomic E-state index is 0.804. The second-order valence-corrected chi connectivity index (χ2v) is 4.45. The van der Waals surface area contributed by atoms with Crippen LogP contribution in [0.1, 0.15) is 31.5 Å². The maximum atomic E-state index is 4.36. The van der Waals surface area contributed by atoms with Crippen LogP contribution in [0.25, 0.3) is 0 Å². The van der Waals surface area contributed by atoms with Gasteiger partial charge in [0.05, 0.1) is 0 Å². The molecule has 0 unspecified atom stereocenters. The van der Waals surface area contributed by atoms with Crippen LogP contribution in [0.5, 0.6) is 0 Å². The summed E-state index contributed by atoms with van der Waals surface area (Å²) in [6, 6.07) is 1.95. The molecule has 1 heterocycles. The Bertz CT molecular complexity index is 347. The van der Waals surface area contributed by atoms with Crippen LogP contribution in [0.2, 0.25) is 0 Å². The van der Waals surface area contributed by atoms with Gasteiger partial charge in [-0.05, 0) is 19.3 Å². The highest BCUT2D eigenvalue weighted by molar-refractivity contribution is 5.46. The Labute approximate surface area is 96.9 Å². The van der Waals surface area contributed by atoms with Crippen LogP contribution < -0.4 is 10.6 Å². The predicted molar refractivity (Wildman–Crippen MR) is 66.8 cm³/mol. The third kappa shape index (κ3) is 2.84. The Morgan fingerprint density at radius 1 is 1.31 bits per heavy atom. The molecule has 88 valence electrons. The Balaban J connectivity index is 1.84. The zero-order chi connectivity index (χ0) is 11.4. The van der Waals surface area contributed by atoms with Crippen LogP contribution in [0, 0.1) is 12.8 Å². The predicted octanol–water partition coefficient (Wildman–Crippen LogP) is 2.43. The van der Waals surface area contributed by atoms with Gasteiger partial charge in [-0.15, -0.1) is 0 Å². The summed E-state index contributed by atoms with van der Waals surface area (Å²) in [5.74, 6) is 3.55. The van der Waals surface area contributed by atoms with Crippen LogP contribution in [0.15, 0.2) is 6.07 Å². The van der Waals surface area contributed by atoms with Gasteiger partial charge in [0.15, 0.2) is 0 Å². The number of aryl methyl sites for hydroxylation is 1. The van der Waals surface area contributed by atoms with Gasteiger partial charge < -0.3 is 10.6 Å². The number of aromatic nitrogens is 2. The van der Waals surface area contributed by atoms with E-state index in [1.165, 1.54) is 25.7 Å². The molecule has 1 saturated carbocycles. The molecule has 1 aromatic rings. The summed E-state index contributed by atoms with van der Waals surface area (Å²) in [5.41, 5.74) is 0. The molecule has 0 spiro atoms. The van der Waals surface area contributed by atoms with Crippen LogP contribution >= 0.6 is 0 Å². The summed E-state index contributed by atoms with van der Waals surface area (Å²) in [6.07, 6.45) is 5.50. The lowest BCUT2D eigenvalue weighted by Gasteiger charge is -2.25. The third-order valence-electron chi connectivity index (χ3n) is 3.18. The first-order valence-corrected chi connectivity index (χ1v) is 6.05. The number of hydrogen-bond donors (Lipinski definition) is 2. The Kier molecular flexibility index (Phi) is 3.59. The van der Waals surface area contributed by atoms with Crippen molar-refractivity contribution < 1.29 is 0 Å². The van der Waals surface area contributed by atoms with E-state index in [1.807, 2.05) is 20.0 Å². The first-order chi connectivity index (χ1) is 7.78. The molecule has 0 saturated heterocycles. The zero-order valence-electron chi connectivity index (χ0n) is 10.1. The van der Waals surface area contributed by atoms with E-state index >= 15 is 0 Å². The van der Waals surface area contributed by atoms with Gasteiger partial charge in [0.2, 0.25) is 0 Å². The van der Waals surface area contributed by atoms with Gasteiger partial charge in [-0.1, -0.05) is 19.3 Å². The molecular weight excluding hydrogens is 200 g/mol. The van der Waals surface area contributed by atoms with Gasteiger partial charge in [0.25, 0.3) is 0 Å². The maximum absolute atomic E-state index is 4.36. The Morgan fingerprint density at radius 3 is 2.69 bits per heavy atom. The van der Waals surface area contributed by atoms with Crippen molar-refractivity contribution in [2.75, 3.05) is 24.2 Å². The number of hydrogen-bond acceptors (Lipinski definition) is 4. The van der Waals surface area contributed by atoms with Crippen molar-refractivity contribution >= 4 is 11.6 Å². The summed E-state index contributed by atoms with van der Waals surface area (Å²) in [6.45, 7) is 2.93. The van der Waals surface area contributed by atoms with Crippen molar-refractivity contribution in [2.24, 2.45) is 5.92 Å². The molecule has 0 aliphatic heterocycles. The van der Waals surface area contributed by atoms with Gasteiger partial charge >= 0.3 is 0 Å². The molecule has 0 radical (unpaired) electrons. The molecule has 16 heavy (non-hydrogen) atoms. The van der Waals surface area contributed by atoms with Gasteiger partial charge in [0.1, 0.15) is 17.5 Å². The lowest BCUT2D eigenvalue weighted by Crippen LogP contribution is -2.16. The average molecular weight is 220 g/mol. The second-order valence-electron chi connectivity index (χ2n) is 4.45. The molecule has 0 aromatic carbocycles. The molecule has 1 aliphatic rings. The van der Waals surface area contributed by atoms with Gasteiger partial charge in [0, 0.05) is 19.7 Å². The summed E-state index contributed by atoms with van der Waals surface area (Å²) in [4.78, 5) is 8.62. The van der Waals surface area contributed by atoms with Crippen molar-refractivity contribution in [1.82, 2.24) is 9.97 Å². The molecule has 1 aromatic heterocycles. The molecule has 0 bridgehead atoms. The average Bonchev–Trinajstić information content (AvgIpc) is 2.21. The molecule has 1 aliphatic carbocycles. The lowest BCUT2D eigenvalue weighted by atomic mass is 9.83. The van der Waals surface area contributed by atoms with Gasteiger partial charge in [-0.2, -0.15) is 0 Å². The highest BCUT2D eigenvalue weighted by atomic mass is 15.1. The van der Waals surface area contributed by atoms with Gasteiger partial charge in [-0.25, -0.2) is 9.97 Å². The maximum Gasteiger partial charge on any atom is 0.131 e. The SMILES string of the molecule is CNc1cc(NCCC2CCC2)nc(C)n1. The highest BCUT2D eigenvalue weighted by Crippen LogP contribution is 2.29. The summed E-state index contributed by atoms with van der Waals surface area (Å²) in [7, 11) is 1.87. The highest BCUT2D eigenvalue weighted by Gasteiger charge is 2.16. The fourth-order valence-electron chi connectivity index (χ4n) is 1.97. The quantitative estimate of drug-likeness (QED) is 0.800. The largest absolute Gasteiger partial charge is 0.373 e. The molecule has 0 atom stereocenters. The summed E-state index contributed by atoms with van der Waals surface area (Å²) in [5, 5.41) is 6.41.